The highest BCUT2D eigenvalue weighted by atomic mass is 32.2. The topological polar surface area (TPSA) is 83.6 Å². The molecule has 0 aromatic heterocycles. The van der Waals surface area contributed by atoms with Crippen LogP contribution in [0.15, 0.2) is 23.1 Å². The summed E-state index contributed by atoms with van der Waals surface area (Å²) in [5.74, 6) is 0. The van der Waals surface area contributed by atoms with Crippen LogP contribution in [0.5, 0.6) is 0 Å². The van der Waals surface area contributed by atoms with Gasteiger partial charge >= 0.3 is 0 Å². The van der Waals surface area contributed by atoms with E-state index in [9.17, 15) is 17.2 Å². The van der Waals surface area contributed by atoms with E-state index in [0.717, 1.165) is 0 Å². The fourth-order valence-corrected chi connectivity index (χ4v) is 3.55. The molecule has 0 unspecified atom stereocenters. The van der Waals surface area contributed by atoms with Crippen molar-refractivity contribution in [2.45, 2.75) is 18.2 Å². The van der Waals surface area contributed by atoms with E-state index in [4.69, 9.17) is 23.1 Å². The van der Waals surface area contributed by atoms with Gasteiger partial charge in [-0.1, -0.05) is 18.3 Å². The van der Waals surface area contributed by atoms with E-state index in [-0.39, 0.29) is 9.88 Å². The molecule has 0 atom stereocenters. The number of aliphatic hydroxyl groups is 1. The van der Waals surface area contributed by atoms with Gasteiger partial charge < -0.3 is 10.8 Å². The fourth-order valence-electron chi connectivity index (χ4n) is 1.81. The number of benzene rings is 1. The zero-order chi connectivity index (χ0) is 16.2. The Bertz CT molecular complexity index is 621. The lowest BCUT2D eigenvalue weighted by Gasteiger charge is -2.22. The quantitative estimate of drug-likeness (QED) is 0.721. The first-order valence-corrected chi connectivity index (χ1v) is 7.84. The molecule has 0 saturated carbocycles. The average molecular weight is 338 g/mol. The molecule has 3 N–H and O–H groups in total. The lowest BCUT2D eigenvalue weighted by molar-refractivity contribution is 0.113. The lowest BCUT2D eigenvalue weighted by Crippen LogP contribution is -2.37. The molecule has 1 aromatic carbocycles. The molecule has 1 rings (SSSR count). The van der Waals surface area contributed by atoms with Crippen LogP contribution >= 0.6 is 12.2 Å². The van der Waals surface area contributed by atoms with Crippen molar-refractivity contribution in [3.05, 3.63) is 29.3 Å². The summed E-state index contributed by atoms with van der Waals surface area (Å²) in [6.07, 6.45) is -2.83. The SMILES string of the molecule is Cc1cc(C(N)=S)ccc1S(=O)(=O)N(CCO)CC(F)F. The lowest BCUT2D eigenvalue weighted by atomic mass is 10.1. The van der Waals surface area contributed by atoms with Crippen molar-refractivity contribution in [1.29, 1.82) is 0 Å². The van der Waals surface area contributed by atoms with E-state index in [1.54, 1.807) is 0 Å². The highest BCUT2D eigenvalue weighted by molar-refractivity contribution is 7.89. The summed E-state index contributed by atoms with van der Waals surface area (Å²) in [5, 5.41) is 8.86. The third kappa shape index (κ3) is 4.40. The maximum Gasteiger partial charge on any atom is 0.252 e. The third-order valence-corrected chi connectivity index (χ3v) is 5.03. The smallest absolute Gasteiger partial charge is 0.252 e. The number of halogens is 2. The number of aryl methyl sites for hydroxylation is 1. The van der Waals surface area contributed by atoms with Crippen molar-refractivity contribution in [2.75, 3.05) is 19.7 Å². The van der Waals surface area contributed by atoms with Gasteiger partial charge in [0.15, 0.2) is 0 Å². The normalized spacial score (nSPS) is 12.1. The van der Waals surface area contributed by atoms with Gasteiger partial charge in [-0.05, 0) is 24.6 Å². The number of sulfonamides is 1. The standard InChI is InChI=1S/C12H16F2N2O3S2/c1-8-6-9(12(15)20)2-3-10(8)21(18,19)16(4-5-17)7-11(13)14/h2-3,6,11,17H,4-5,7H2,1H3,(H2,15,20). The maximum atomic E-state index is 12.5. The second-order valence-corrected chi connectivity index (χ2v) is 6.67. The molecule has 0 fully saturated rings. The fraction of sp³-hybridized carbons (Fsp3) is 0.417. The number of hydrogen-bond donors (Lipinski definition) is 2. The molecule has 21 heavy (non-hydrogen) atoms. The van der Waals surface area contributed by atoms with Crippen LogP contribution < -0.4 is 5.73 Å². The minimum Gasteiger partial charge on any atom is -0.395 e. The van der Waals surface area contributed by atoms with Crippen LogP contribution in [0.25, 0.3) is 0 Å². The predicted molar refractivity (Wildman–Crippen MR) is 78.9 cm³/mol. The van der Waals surface area contributed by atoms with Crippen LogP contribution in [-0.2, 0) is 10.0 Å². The Kier molecular flexibility index (Phi) is 6.14. The minimum atomic E-state index is -4.12. The molecule has 5 nitrogen and oxygen atoms in total. The summed E-state index contributed by atoms with van der Waals surface area (Å²) < 4.78 is 50.3. The number of hydrogen-bond acceptors (Lipinski definition) is 4. The summed E-state index contributed by atoms with van der Waals surface area (Å²) in [7, 11) is -4.12. The summed E-state index contributed by atoms with van der Waals surface area (Å²) in [4.78, 5) is -0.00144. The van der Waals surface area contributed by atoms with Crippen LogP contribution in [0, 0.1) is 6.92 Å². The van der Waals surface area contributed by atoms with Gasteiger partial charge in [-0.3, -0.25) is 0 Å². The summed E-state index contributed by atoms with van der Waals surface area (Å²) in [6.45, 7) is -0.396. The first kappa shape index (κ1) is 17.9. The van der Waals surface area contributed by atoms with Gasteiger partial charge in [0.05, 0.1) is 18.0 Å². The van der Waals surface area contributed by atoms with Gasteiger partial charge in [0.25, 0.3) is 6.43 Å². The molecule has 0 aliphatic heterocycles. The number of aliphatic hydroxyl groups excluding tert-OH is 1. The van der Waals surface area contributed by atoms with Gasteiger partial charge in [0, 0.05) is 12.1 Å². The Hall–Kier alpha value is -1.16. The van der Waals surface area contributed by atoms with Crippen LogP contribution in [0.3, 0.4) is 0 Å². The van der Waals surface area contributed by atoms with Gasteiger partial charge in [-0.25, -0.2) is 17.2 Å². The average Bonchev–Trinajstić information content (AvgIpc) is 2.37. The predicted octanol–water partition coefficient (Wildman–Crippen LogP) is 0.877. The number of alkyl halides is 2. The second-order valence-electron chi connectivity index (χ2n) is 4.32. The third-order valence-electron chi connectivity index (χ3n) is 2.77. The monoisotopic (exact) mass is 338 g/mol. The van der Waals surface area contributed by atoms with E-state index in [2.05, 4.69) is 0 Å². The maximum absolute atomic E-state index is 12.5. The zero-order valence-corrected chi connectivity index (χ0v) is 12.9. The molecular formula is C12H16F2N2O3S2. The molecule has 0 heterocycles. The molecule has 118 valence electrons. The van der Waals surface area contributed by atoms with E-state index in [1.807, 2.05) is 0 Å². The minimum absolute atomic E-state index is 0.113. The van der Waals surface area contributed by atoms with Crippen molar-refractivity contribution >= 4 is 27.2 Å². The highest BCUT2D eigenvalue weighted by Gasteiger charge is 2.28. The number of nitrogens with two attached hydrogens (primary N) is 1. The molecular weight excluding hydrogens is 322 g/mol. The molecule has 0 aliphatic rings. The van der Waals surface area contributed by atoms with Gasteiger partial charge in [0.1, 0.15) is 4.99 Å². The molecule has 0 spiro atoms. The van der Waals surface area contributed by atoms with Crippen molar-refractivity contribution in [3.63, 3.8) is 0 Å². The van der Waals surface area contributed by atoms with Crippen LogP contribution in [0.4, 0.5) is 8.78 Å². The number of thiocarbonyl (C=S) groups is 1. The summed E-state index contributed by atoms with van der Waals surface area (Å²) in [5.41, 5.74) is 6.29. The van der Waals surface area contributed by atoms with Crippen molar-refractivity contribution in [2.24, 2.45) is 5.73 Å². The molecule has 0 bridgehead atoms. The Morgan fingerprint density at radius 2 is 2.10 bits per heavy atom. The number of rotatable bonds is 7. The first-order valence-electron chi connectivity index (χ1n) is 5.99. The van der Waals surface area contributed by atoms with Gasteiger partial charge in [-0.2, -0.15) is 4.31 Å². The van der Waals surface area contributed by atoms with E-state index >= 15 is 0 Å². The van der Waals surface area contributed by atoms with Crippen LogP contribution in [0.2, 0.25) is 0 Å². The Morgan fingerprint density at radius 3 is 2.52 bits per heavy atom. The summed E-state index contributed by atoms with van der Waals surface area (Å²) in [6, 6.07) is 4.17. The van der Waals surface area contributed by atoms with E-state index in [1.165, 1.54) is 25.1 Å². The summed E-state index contributed by atoms with van der Waals surface area (Å²) >= 11 is 4.79. The van der Waals surface area contributed by atoms with E-state index < -0.39 is 36.1 Å². The molecule has 0 amide bonds. The first-order chi connectivity index (χ1) is 9.70. The molecule has 0 aliphatic carbocycles. The molecule has 9 heteroatoms. The largest absolute Gasteiger partial charge is 0.395 e. The molecule has 0 radical (unpaired) electrons. The van der Waals surface area contributed by atoms with Crippen molar-refractivity contribution < 1.29 is 22.3 Å². The van der Waals surface area contributed by atoms with Crippen molar-refractivity contribution in [3.8, 4) is 0 Å². The number of nitrogens with zero attached hydrogens (tertiary/aromatic N) is 1. The van der Waals surface area contributed by atoms with Crippen molar-refractivity contribution in [1.82, 2.24) is 4.31 Å². The molecule has 1 aromatic rings. The highest BCUT2D eigenvalue weighted by Crippen LogP contribution is 2.21. The zero-order valence-electron chi connectivity index (χ0n) is 11.3. The Balaban J connectivity index is 3.24. The van der Waals surface area contributed by atoms with Crippen LogP contribution in [0.1, 0.15) is 11.1 Å². The van der Waals surface area contributed by atoms with Crippen LogP contribution in [-0.4, -0.2) is 48.9 Å². The molecule has 0 saturated heterocycles. The van der Waals surface area contributed by atoms with Gasteiger partial charge in [-0.15, -0.1) is 0 Å². The van der Waals surface area contributed by atoms with Gasteiger partial charge in [0.2, 0.25) is 10.0 Å². The Labute approximate surface area is 127 Å². The second kappa shape index (κ2) is 7.21. The Morgan fingerprint density at radius 1 is 1.48 bits per heavy atom. The van der Waals surface area contributed by atoms with E-state index in [0.29, 0.717) is 15.4 Å².